The van der Waals surface area contributed by atoms with Crippen LogP contribution in [0.15, 0.2) is 93.5 Å². The van der Waals surface area contributed by atoms with Gasteiger partial charge in [-0.15, -0.1) is 15.3 Å². The van der Waals surface area contributed by atoms with Gasteiger partial charge in [-0.3, -0.25) is 0 Å². The molecular weight excluding hydrogens is 384 g/mol. The van der Waals surface area contributed by atoms with Gasteiger partial charge in [0.1, 0.15) is 11.4 Å². The number of carbonyl (C=O) groups excluding carboxylic acids is 1. The number of ether oxygens (including phenoxy) is 1. The Kier molecular flexibility index (Phi) is 5.56. The molecule has 0 unspecified atom stereocenters. The van der Waals surface area contributed by atoms with Gasteiger partial charge in [0, 0.05) is 5.56 Å². The average Bonchev–Trinajstić information content (AvgIpc) is 3.27. The van der Waals surface area contributed by atoms with Crippen LogP contribution in [0.1, 0.15) is 16.2 Å². The van der Waals surface area contributed by atoms with Crippen LogP contribution < -0.4 is 0 Å². The number of benzene rings is 3. The SMILES string of the molecule is O=C(OCc1nnc(-c2ccccc2)o1)c1ccccc1N=Nc1ccc(O)cc1. The maximum atomic E-state index is 12.5. The van der Waals surface area contributed by atoms with Gasteiger partial charge in [0.2, 0.25) is 5.89 Å². The highest BCUT2D eigenvalue weighted by Gasteiger charge is 2.15. The molecule has 0 aliphatic heterocycles. The normalized spacial score (nSPS) is 10.9. The van der Waals surface area contributed by atoms with Crippen molar-refractivity contribution in [2.24, 2.45) is 10.2 Å². The van der Waals surface area contributed by atoms with Gasteiger partial charge in [0.05, 0.1) is 11.3 Å². The van der Waals surface area contributed by atoms with Gasteiger partial charge in [0.15, 0.2) is 6.61 Å². The van der Waals surface area contributed by atoms with E-state index in [1.165, 1.54) is 12.1 Å². The minimum absolute atomic E-state index is 0.134. The molecule has 30 heavy (non-hydrogen) atoms. The zero-order valence-electron chi connectivity index (χ0n) is 15.7. The smallest absolute Gasteiger partial charge is 0.340 e. The number of esters is 1. The third-order valence-corrected chi connectivity index (χ3v) is 4.06. The van der Waals surface area contributed by atoms with Gasteiger partial charge in [-0.25, -0.2) is 4.79 Å². The summed E-state index contributed by atoms with van der Waals surface area (Å²) in [5.74, 6) is 0.0826. The molecule has 0 spiro atoms. The summed E-state index contributed by atoms with van der Waals surface area (Å²) in [5.41, 5.74) is 1.92. The second-order valence-corrected chi connectivity index (χ2v) is 6.18. The largest absolute Gasteiger partial charge is 0.508 e. The summed E-state index contributed by atoms with van der Waals surface area (Å²) in [7, 11) is 0. The number of rotatable bonds is 6. The molecule has 0 radical (unpaired) electrons. The topological polar surface area (TPSA) is 110 Å². The van der Waals surface area contributed by atoms with E-state index in [-0.39, 0.29) is 23.8 Å². The van der Waals surface area contributed by atoms with Gasteiger partial charge < -0.3 is 14.3 Å². The van der Waals surface area contributed by atoms with Gasteiger partial charge in [0.25, 0.3) is 5.89 Å². The number of hydrogen-bond acceptors (Lipinski definition) is 8. The Balaban J connectivity index is 1.44. The van der Waals surface area contributed by atoms with Crippen LogP contribution in [0.2, 0.25) is 0 Å². The number of nitrogens with zero attached hydrogens (tertiary/aromatic N) is 4. The molecule has 148 valence electrons. The highest BCUT2D eigenvalue weighted by Crippen LogP contribution is 2.24. The van der Waals surface area contributed by atoms with E-state index >= 15 is 0 Å². The van der Waals surface area contributed by atoms with E-state index in [4.69, 9.17) is 9.15 Å². The number of azo groups is 1. The highest BCUT2D eigenvalue weighted by molar-refractivity contribution is 5.94. The maximum Gasteiger partial charge on any atom is 0.340 e. The Labute approximate surface area is 171 Å². The van der Waals surface area contributed by atoms with Crippen LogP contribution in [0.5, 0.6) is 5.75 Å². The van der Waals surface area contributed by atoms with Gasteiger partial charge in [-0.2, -0.15) is 5.11 Å². The van der Waals surface area contributed by atoms with E-state index in [1.807, 2.05) is 30.3 Å². The second kappa shape index (κ2) is 8.78. The van der Waals surface area contributed by atoms with Crippen LogP contribution in [0.25, 0.3) is 11.5 Å². The van der Waals surface area contributed by atoms with Crippen molar-refractivity contribution in [3.63, 3.8) is 0 Å². The van der Waals surface area contributed by atoms with Crippen LogP contribution in [0, 0.1) is 0 Å². The Hall–Kier alpha value is -4.33. The first-order valence-corrected chi connectivity index (χ1v) is 9.04. The van der Waals surface area contributed by atoms with Gasteiger partial charge in [-0.1, -0.05) is 30.3 Å². The molecule has 0 aliphatic rings. The molecule has 0 amide bonds. The monoisotopic (exact) mass is 400 g/mol. The predicted molar refractivity (Wildman–Crippen MR) is 108 cm³/mol. The fraction of sp³-hybridized carbons (Fsp3) is 0.0455. The Bertz CT molecular complexity index is 1170. The van der Waals surface area contributed by atoms with E-state index in [1.54, 1.807) is 36.4 Å². The molecule has 1 aromatic heterocycles. The fourth-order valence-corrected chi connectivity index (χ4v) is 2.58. The molecule has 0 fully saturated rings. The molecule has 0 bridgehead atoms. The third kappa shape index (κ3) is 4.56. The molecule has 3 aromatic carbocycles. The molecule has 8 heteroatoms. The summed E-state index contributed by atoms with van der Waals surface area (Å²) < 4.78 is 10.8. The molecule has 4 aromatic rings. The number of aromatic nitrogens is 2. The van der Waals surface area contributed by atoms with Crippen molar-refractivity contribution < 1.29 is 19.1 Å². The molecule has 1 heterocycles. The van der Waals surface area contributed by atoms with Crippen LogP contribution >= 0.6 is 0 Å². The first-order valence-electron chi connectivity index (χ1n) is 9.04. The zero-order chi connectivity index (χ0) is 20.8. The summed E-state index contributed by atoms with van der Waals surface area (Å²) in [4.78, 5) is 12.5. The molecule has 0 atom stereocenters. The molecule has 0 saturated carbocycles. The van der Waals surface area contributed by atoms with E-state index in [9.17, 15) is 9.90 Å². The van der Waals surface area contributed by atoms with Crippen molar-refractivity contribution in [1.82, 2.24) is 10.2 Å². The first-order chi connectivity index (χ1) is 14.7. The van der Waals surface area contributed by atoms with E-state index in [2.05, 4.69) is 20.4 Å². The summed E-state index contributed by atoms with van der Waals surface area (Å²) in [6.07, 6.45) is 0. The molecule has 8 nitrogen and oxygen atoms in total. The quantitative estimate of drug-likeness (QED) is 0.351. The Morgan fingerprint density at radius 2 is 1.63 bits per heavy atom. The summed E-state index contributed by atoms with van der Waals surface area (Å²) in [6.45, 7) is -0.165. The lowest BCUT2D eigenvalue weighted by molar-refractivity contribution is 0.0439. The van der Waals surface area contributed by atoms with Crippen LogP contribution in [-0.4, -0.2) is 21.3 Å². The maximum absolute atomic E-state index is 12.5. The second-order valence-electron chi connectivity index (χ2n) is 6.18. The lowest BCUT2D eigenvalue weighted by Gasteiger charge is -2.04. The molecule has 1 N–H and O–H groups in total. The van der Waals surface area contributed by atoms with Crippen molar-refractivity contribution >= 4 is 17.3 Å². The molecule has 0 aliphatic carbocycles. The van der Waals surface area contributed by atoms with E-state index < -0.39 is 5.97 Å². The van der Waals surface area contributed by atoms with Crippen molar-refractivity contribution in [3.05, 3.63) is 90.3 Å². The minimum Gasteiger partial charge on any atom is -0.508 e. The summed E-state index contributed by atoms with van der Waals surface area (Å²) in [6, 6.07) is 22.2. The predicted octanol–water partition coefficient (Wildman–Crippen LogP) is 5.21. The van der Waals surface area contributed by atoms with Crippen LogP contribution in [0.3, 0.4) is 0 Å². The first kappa shape index (κ1) is 19.0. The number of aromatic hydroxyl groups is 1. The van der Waals surface area contributed by atoms with Crippen molar-refractivity contribution in [2.75, 3.05) is 0 Å². The Morgan fingerprint density at radius 1 is 0.900 bits per heavy atom. The lowest BCUT2D eigenvalue weighted by Crippen LogP contribution is -2.05. The standard InChI is InChI=1S/C22H16N4O4/c27-17-12-10-16(11-13-17)23-24-19-9-5-4-8-18(19)22(28)29-14-20-25-26-21(30-20)15-6-2-1-3-7-15/h1-13,27H,14H2. The third-order valence-electron chi connectivity index (χ3n) is 4.06. The Morgan fingerprint density at radius 3 is 2.43 bits per heavy atom. The van der Waals surface area contributed by atoms with Gasteiger partial charge in [-0.05, 0) is 48.5 Å². The lowest BCUT2D eigenvalue weighted by atomic mass is 10.2. The summed E-state index contributed by atoms with van der Waals surface area (Å²) in [5, 5.41) is 25.4. The van der Waals surface area contributed by atoms with Crippen molar-refractivity contribution in [3.8, 4) is 17.2 Å². The average molecular weight is 400 g/mol. The van der Waals surface area contributed by atoms with Crippen molar-refractivity contribution in [1.29, 1.82) is 0 Å². The minimum atomic E-state index is -0.588. The van der Waals surface area contributed by atoms with Crippen LogP contribution in [0.4, 0.5) is 11.4 Å². The number of carbonyl (C=O) groups is 1. The van der Waals surface area contributed by atoms with E-state index in [0.717, 1.165) is 5.56 Å². The summed E-state index contributed by atoms with van der Waals surface area (Å²) >= 11 is 0. The van der Waals surface area contributed by atoms with Gasteiger partial charge >= 0.3 is 5.97 Å². The zero-order valence-corrected chi connectivity index (χ0v) is 15.7. The van der Waals surface area contributed by atoms with Crippen LogP contribution in [-0.2, 0) is 11.3 Å². The fourth-order valence-electron chi connectivity index (χ4n) is 2.58. The van der Waals surface area contributed by atoms with Crippen molar-refractivity contribution in [2.45, 2.75) is 6.61 Å². The number of phenols is 1. The molecule has 0 saturated heterocycles. The number of phenolic OH excluding ortho intramolecular Hbond substituents is 1. The van der Waals surface area contributed by atoms with E-state index in [0.29, 0.717) is 17.3 Å². The highest BCUT2D eigenvalue weighted by atomic mass is 16.5. The molecular formula is C22H16N4O4. The molecule has 4 rings (SSSR count). The number of hydrogen-bond donors (Lipinski definition) is 1.